The maximum Gasteiger partial charge on any atom is 0.226 e. The number of amides is 1. The summed E-state index contributed by atoms with van der Waals surface area (Å²) in [4.78, 5) is 11.8. The van der Waals surface area contributed by atoms with Crippen LogP contribution >= 0.6 is 23.2 Å². The van der Waals surface area contributed by atoms with Gasteiger partial charge in [-0.15, -0.1) is 11.6 Å². The van der Waals surface area contributed by atoms with Gasteiger partial charge in [0.2, 0.25) is 5.91 Å². The Bertz CT molecular complexity index is 418. The second-order valence-electron chi connectivity index (χ2n) is 5.11. The summed E-state index contributed by atoms with van der Waals surface area (Å²) >= 11 is 11.5. The highest BCUT2D eigenvalue weighted by Crippen LogP contribution is 2.18. The monoisotopic (exact) mass is 303 g/mol. The molecule has 5 heteroatoms. The van der Waals surface area contributed by atoms with E-state index in [4.69, 9.17) is 27.9 Å². The van der Waals surface area contributed by atoms with Crippen LogP contribution in [0, 0.1) is 5.41 Å². The van der Waals surface area contributed by atoms with E-state index >= 15 is 0 Å². The molecule has 1 rings (SSSR count). The molecule has 0 aliphatic heterocycles. The standard InChI is InChI=1S/C14H19Cl2NO2/c1-10(8-17-13(18)14(2,3)9-15)19-12-6-4-11(16)5-7-12/h4-7,10H,8-9H2,1-3H3,(H,17,18). The molecule has 106 valence electrons. The van der Waals surface area contributed by atoms with Crippen molar-refractivity contribution in [3.63, 3.8) is 0 Å². The summed E-state index contributed by atoms with van der Waals surface area (Å²) in [5, 5.41) is 3.49. The number of carbonyl (C=O) groups excluding carboxylic acids is 1. The Kier molecular flexibility index (Phi) is 5.95. The van der Waals surface area contributed by atoms with E-state index < -0.39 is 5.41 Å². The predicted molar refractivity (Wildman–Crippen MR) is 79.1 cm³/mol. The Hall–Kier alpha value is -0.930. The first-order valence-corrected chi connectivity index (χ1v) is 7.03. The number of halogens is 2. The average molecular weight is 304 g/mol. The van der Waals surface area contributed by atoms with E-state index in [-0.39, 0.29) is 17.9 Å². The van der Waals surface area contributed by atoms with Crippen molar-refractivity contribution in [2.75, 3.05) is 12.4 Å². The molecule has 0 spiro atoms. The first-order valence-electron chi connectivity index (χ1n) is 6.11. The zero-order chi connectivity index (χ0) is 14.5. The van der Waals surface area contributed by atoms with Gasteiger partial charge in [0.05, 0.1) is 12.0 Å². The predicted octanol–water partition coefficient (Wildman–Crippen LogP) is 3.49. The van der Waals surface area contributed by atoms with E-state index in [0.29, 0.717) is 11.6 Å². The fourth-order valence-electron chi connectivity index (χ4n) is 1.32. The van der Waals surface area contributed by atoms with Crippen LogP contribution < -0.4 is 10.1 Å². The van der Waals surface area contributed by atoms with Gasteiger partial charge < -0.3 is 10.1 Å². The van der Waals surface area contributed by atoms with Gasteiger partial charge in [-0.1, -0.05) is 11.6 Å². The molecule has 19 heavy (non-hydrogen) atoms. The molecule has 0 aliphatic carbocycles. The first-order chi connectivity index (χ1) is 8.85. The molecule has 1 N–H and O–H groups in total. The van der Waals surface area contributed by atoms with Crippen LogP contribution in [0.15, 0.2) is 24.3 Å². The SMILES string of the molecule is CC(CNC(=O)C(C)(C)CCl)Oc1ccc(Cl)cc1. The molecule has 0 aliphatic rings. The smallest absolute Gasteiger partial charge is 0.226 e. The number of nitrogens with one attached hydrogen (secondary N) is 1. The highest BCUT2D eigenvalue weighted by Gasteiger charge is 2.26. The molecular formula is C14H19Cl2NO2. The number of ether oxygens (including phenoxy) is 1. The lowest BCUT2D eigenvalue weighted by atomic mass is 9.95. The average Bonchev–Trinajstić information content (AvgIpc) is 2.38. The van der Waals surface area contributed by atoms with Crippen molar-refractivity contribution in [1.29, 1.82) is 0 Å². The second-order valence-corrected chi connectivity index (χ2v) is 5.81. The van der Waals surface area contributed by atoms with Gasteiger partial charge >= 0.3 is 0 Å². The third-order valence-corrected chi connectivity index (χ3v) is 3.57. The Labute approximate surface area is 124 Å². The maximum absolute atomic E-state index is 11.8. The van der Waals surface area contributed by atoms with E-state index in [1.54, 1.807) is 38.1 Å². The fraction of sp³-hybridized carbons (Fsp3) is 0.500. The molecule has 1 aromatic rings. The van der Waals surface area contributed by atoms with Crippen LogP contribution in [0.1, 0.15) is 20.8 Å². The van der Waals surface area contributed by atoms with Gasteiger partial charge in [-0.2, -0.15) is 0 Å². The molecule has 0 heterocycles. The van der Waals surface area contributed by atoms with Crippen LogP contribution in [0.4, 0.5) is 0 Å². The number of benzene rings is 1. The van der Waals surface area contributed by atoms with Gasteiger partial charge in [-0.05, 0) is 45.0 Å². The number of hydrogen-bond acceptors (Lipinski definition) is 2. The summed E-state index contributed by atoms with van der Waals surface area (Å²) in [7, 11) is 0. The summed E-state index contributed by atoms with van der Waals surface area (Å²) in [5.41, 5.74) is -0.568. The Morgan fingerprint density at radius 3 is 2.47 bits per heavy atom. The minimum absolute atomic E-state index is 0.0749. The molecule has 0 fully saturated rings. The van der Waals surface area contributed by atoms with Crippen molar-refractivity contribution >= 4 is 29.1 Å². The normalized spacial score (nSPS) is 12.9. The number of carbonyl (C=O) groups is 1. The zero-order valence-electron chi connectivity index (χ0n) is 11.4. The van der Waals surface area contributed by atoms with E-state index in [1.807, 2.05) is 6.92 Å². The molecule has 0 bridgehead atoms. The molecular weight excluding hydrogens is 285 g/mol. The van der Waals surface area contributed by atoms with Crippen molar-refractivity contribution < 1.29 is 9.53 Å². The molecule has 1 atom stereocenters. The van der Waals surface area contributed by atoms with Gasteiger partial charge in [0.1, 0.15) is 11.9 Å². The Balaban J connectivity index is 2.42. The zero-order valence-corrected chi connectivity index (χ0v) is 12.9. The van der Waals surface area contributed by atoms with Crippen LogP contribution in [-0.2, 0) is 4.79 Å². The van der Waals surface area contributed by atoms with E-state index in [0.717, 1.165) is 5.75 Å². The summed E-state index contributed by atoms with van der Waals surface area (Å²) in [6, 6.07) is 7.12. The van der Waals surface area contributed by atoms with Gasteiger partial charge in [-0.25, -0.2) is 0 Å². The summed E-state index contributed by atoms with van der Waals surface area (Å²) in [6.45, 7) is 5.93. The molecule has 0 saturated carbocycles. The first kappa shape index (κ1) is 16.1. The quantitative estimate of drug-likeness (QED) is 0.817. The topological polar surface area (TPSA) is 38.3 Å². The fourth-order valence-corrected chi connectivity index (χ4v) is 1.57. The third kappa shape index (κ3) is 5.29. The van der Waals surface area contributed by atoms with Gasteiger partial charge in [0.15, 0.2) is 0 Å². The van der Waals surface area contributed by atoms with Gasteiger partial charge in [0, 0.05) is 10.9 Å². The van der Waals surface area contributed by atoms with Crippen molar-refractivity contribution in [2.24, 2.45) is 5.41 Å². The molecule has 1 amide bonds. The van der Waals surface area contributed by atoms with E-state index in [1.165, 1.54) is 0 Å². The van der Waals surface area contributed by atoms with Crippen LogP contribution in [0.25, 0.3) is 0 Å². The summed E-state index contributed by atoms with van der Waals surface area (Å²) in [5.74, 6) is 0.933. The molecule has 3 nitrogen and oxygen atoms in total. The van der Waals surface area contributed by atoms with Crippen molar-refractivity contribution in [2.45, 2.75) is 26.9 Å². The van der Waals surface area contributed by atoms with Crippen LogP contribution in [0.2, 0.25) is 5.02 Å². The van der Waals surface area contributed by atoms with Gasteiger partial charge in [-0.3, -0.25) is 4.79 Å². The molecule has 0 aromatic heterocycles. The lowest BCUT2D eigenvalue weighted by molar-refractivity contribution is -0.128. The number of alkyl halides is 1. The largest absolute Gasteiger partial charge is 0.489 e. The Morgan fingerprint density at radius 1 is 1.37 bits per heavy atom. The summed E-state index contributed by atoms with van der Waals surface area (Å²) in [6.07, 6.45) is -0.128. The van der Waals surface area contributed by atoms with Crippen molar-refractivity contribution in [3.05, 3.63) is 29.3 Å². The van der Waals surface area contributed by atoms with Crippen LogP contribution in [-0.4, -0.2) is 24.4 Å². The molecule has 0 radical (unpaired) electrons. The number of hydrogen-bond donors (Lipinski definition) is 1. The summed E-state index contributed by atoms with van der Waals surface area (Å²) < 4.78 is 5.66. The van der Waals surface area contributed by atoms with E-state index in [9.17, 15) is 4.79 Å². The van der Waals surface area contributed by atoms with Crippen LogP contribution in [0.5, 0.6) is 5.75 Å². The number of rotatable bonds is 6. The maximum atomic E-state index is 11.8. The highest BCUT2D eigenvalue weighted by atomic mass is 35.5. The highest BCUT2D eigenvalue weighted by molar-refractivity contribution is 6.30. The van der Waals surface area contributed by atoms with Crippen molar-refractivity contribution in [3.8, 4) is 5.75 Å². The van der Waals surface area contributed by atoms with Crippen LogP contribution in [0.3, 0.4) is 0 Å². The lowest BCUT2D eigenvalue weighted by Gasteiger charge is -2.22. The van der Waals surface area contributed by atoms with E-state index in [2.05, 4.69) is 5.32 Å². The molecule has 1 unspecified atom stereocenters. The minimum atomic E-state index is -0.568. The lowest BCUT2D eigenvalue weighted by Crippen LogP contribution is -2.42. The minimum Gasteiger partial charge on any atom is -0.489 e. The second kappa shape index (κ2) is 7.01. The molecule has 0 saturated heterocycles. The van der Waals surface area contributed by atoms with Crippen molar-refractivity contribution in [1.82, 2.24) is 5.32 Å². The molecule has 1 aromatic carbocycles. The third-order valence-electron chi connectivity index (χ3n) is 2.65. The van der Waals surface area contributed by atoms with Gasteiger partial charge in [0.25, 0.3) is 0 Å². The Morgan fingerprint density at radius 2 is 1.95 bits per heavy atom.